The summed E-state index contributed by atoms with van der Waals surface area (Å²) < 4.78 is 44.0. The van der Waals surface area contributed by atoms with Crippen LogP contribution in [0.5, 0.6) is 17.4 Å². The minimum atomic E-state index is -1.24. The monoisotopic (exact) mass is 903 g/mol. The first kappa shape index (κ1) is 45.4. The number of methoxy groups -OCH3 is 1. The first-order valence-corrected chi connectivity index (χ1v) is 21.8. The summed E-state index contributed by atoms with van der Waals surface area (Å²) >= 11 is 8.09. The van der Waals surface area contributed by atoms with E-state index in [-0.39, 0.29) is 43.7 Å². The van der Waals surface area contributed by atoms with Crippen LogP contribution in [0.25, 0.3) is 43.2 Å². The molecule has 15 heteroatoms. The Morgan fingerprint density at radius 1 is 0.938 bits per heavy atom. The van der Waals surface area contributed by atoms with Gasteiger partial charge < -0.3 is 29.4 Å². The number of aryl methyl sites for hydroxylation is 1. The smallest absolute Gasteiger partial charge is 0.347 e. The van der Waals surface area contributed by atoms with Gasteiger partial charge in [0.05, 0.1) is 41.1 Å². The van der Waals surface area contributed by atoms with E-state index in [1.54, 1.807) is 50.6 Å². The Morgan fingerprint density at radius 2 is 1.72 bits per heavy atom. The summed E-state index contributed by atoms with van der Waals surface area (Å²) in [4.78, 5) is 46.5. The van der Waals surface area contributed by atoms with Crippen LogP contribution < -0.4 is 19.9 Å². The molecular weight excluding hydrogens is 857 g/mol. The molecule has 3 aromatic heterocycles. The summed E-state index contributed by atoms with van der Waals surface area (Å²) in [5.74, 6) is 0.299. The van der Waals surface area contributed by atoms with Crippen molar-refractivity contribution in [1.29, 1.82) is 0 Å². The normalized spacial score (nSPS) is 11.9. The Bertz CT molecular complexity index is 2810. The van der Waals surface area contributed by atoms with Gasteiger partial charge in [-0.25, -0.2) is 29.1 Å². The molecule has 0 aliphatic heterocycles. The van der Waals surface area contributed by atoms with Crippen LogP contribution >= 0.6 is 22.9 Å². The van der Waals surface area contributed by atoms with E-state index in [9.17, 15) is 14.0 Å². The molecule has 0 unspecified atom stereocenters. The lowest BCUT2D eigenvalue weighted by Crippen LogP contribution is -2.32. The fourth-order valence-electron chi connectivity index (χ4n) is 7.09. The largest absolute Gasteiger partial charge is 0.496 e. The second kappa shape index (κ2) is 19.8. The molecule has 7 aromatic rings. The summed E-state index contributed by atoms with van der Waals surface area (Å²) in [6.45, 7) is 9.17. The van der Waals surface area contributed by atoms with Crippen LogP contribution in [-0.4, -0.2) is 57.3 Å². The van der Waals surface area contributed by atoms with Crippen molar-refractivity contribution in [3.63, 3.8) is 0 Å². The number of para-hydroxylation sites is 1. The number of aromatic nitrogens is 4. The van der Waals surface area contributed by atoms with Gasteiger partial charge in [-0.1, -0.05) is 54.1 Å². The highest BCUT2D eigenvalue weighted by Gasteiger charge is 2.30. The number of nitrogens with zero attached hydrogens (tertiary/aromatic N) is 4. The number of hydrogen-bond acceptors (Lipinski definition) is 13. The zero-order valence-electron chi connectivity index (χ0n) is 36.2. The van der Waals surface area contributed by atoms with Crippen LogP contribution in [0.3, 0.4) is 0 Å². The second-order valence-corrected chi connectivity index (χ2v) is 17.1. The minimum Gasteiger partial charge on any atom is -0.496 e. The van der Waals surface area contributed by atoms with Gasteiger partial charge >= 0.3 is 11.9 Å². The first-order valence-electron chi connectivity index (χ1n) is 20.6. The zero-order valence-corrected chi connectivity index (χ0v) is 37.8. The number of carbonyl (C=O) groups is 2. The number of fused-ring (bicyclic) bond motifs is 1. The Labute approximate surface area is 379 Å². The topological polar surface area (TPSA) is 158 Å². The third-order valence-electron chi connectivity index (χ3n) is 10.1. The number of hydrogen-bond donors (Lipinski definition) is 1. The van der Waals surface area contributed by atoms with Gasteiger partial charge in [-0.05, 0) is 111 Å². The average molecular weight is 904 g/mol. The quantitative estimate of drug-likeness (QED) is 0.0724. The van der Waals surface area contributed by atoms with Gasteiger partial charge in [0, 0.05) is 29.5 Å². The number of esters is 2. The molecule has 12 nitrogen and oxygen atoms in total. The second-order valence-electron chi connectivity index (χ2n) is 15.8. The molecule has 4 aromatic carbocycles. The number of thiophene rings is 1. The Kier molecular flexibility index (Phi) is 14.1. The number of halogens is 2. The van der Waals surface area contributed by atoms with Crippen molar-refractivity contribution in [2.24, 2.45) is 0 Å². The Morgan fingerprint density at radius 3 is 2.47 bits per heavy atom. The Hall–Kier alpha value is -6.64. The molecule has 3 heterocycles. The predicted octanol–water partition coefficient (Wildman–Crippen LogP) is 10.6. The molecule has 0 amide bonds. The van der Waals surface area contributed by atoms with E-state index in [1.165, 1.54) is 29.8 Å². The number of nitrogen functional groups attached to an aromatic ring is 1. The number of carbonyl (C=O) groups excluding carboxylic acids is 2. The van der Waals surface area contributed by atoms with E-state index in [2.05, 4.69) is 15.0 Å². The van der Waals surface area contributed by atoms with Crippen LogP contribution in [0.4, 0.5) is 10.1 Å². The number of anilines is 1. The SMILES string of the molecule is CCOC(=O)[C@@H](Cc1cc(CCC(=O)OC(C)(C)C)ccc1OCc1ccnc(-c2ccccc2OC)n1)Oc1ncnc2sc(-c3ccc(F)cc3)c(-c3ccc(N)c(Cl)c3C)c12. The summed E-state index contributed by atoms with van der Waals surface area (Å²) in [7, 11) is 1.59. The van der Waals surface area contributed by atoms with Crippen molar-refractivity contribution in [3.8, 4) is 50.3 Å². The highest BCUT2D eigenvalue weighted by Crippen LogP contribution is 2.49. The standard InChI is InChI=1S/C49H47ClFN5O7S/c1-7-60-48(58)39(62-46-42-41(34-18-19-36(52)43(50)28(34)2)44(64-47(42)55-27-54-46)30-14-16-32(51)17-15-30)25-31-24-29(13-21-40(57)63-49(3,4)5)12-20-37(31)61-26-33-22-23-53-45(56-33)35-10-8-9-11-38(35)59-6/h8-12,14-20,22-24,27,39H,7,13,21,25-26,52H2,1-6H3/t39-/m1/s1. The maximum atomic E-state index is 14.2. The molecule has 330 valence electrons. The van der Waals surface area contributed by atoms with Gasteiger partial charge in [0.25, 0.3) is 0 Å². The predicted molar refractivity (Wildman–Crippen MR) is 246 cm³/mol. The van der Waals surface area contributed by atoms with E-state index in [0.29, 0.717) is 67.1 Å². The molecule has 0 aliphatic carbocycles. The maximum absolute atomic E-state index is 14.2. The average Bonchev–Trinajstić information content (AvgIpc) is 3.67. The van der Waals surface area contributed by atoms with Gasteiger partial charge in [0.2, 0.25) is 12.0 Å². The van der Waals surface area contributed by atoms with E-state index >= 15 is 0 Å². The third-order valence-corrected chi connectivity index (χ3v) is 11.7. The van der Waals surface area contributed by atoms with Crippen LogP contribution in [0.15, 0.2) is 97.5 Å². The number of nitrogens with two attached hydrogens (primary N) is 1. The molecule has 0 aliphatic rings. The van der Waals surface area contributed by atoms with Crippen LogP contribution in [0, 0.1) is 12.7 Å². The zero-order chi connectivity index (χ0) is 45.5. The summed E-state index contributed by atoms with van der Waals surface area (Å²) in [5.41, 5.74) is 11.5. The van der Waals surface area contributed by atoms with Gasteiger partial charge in [0.1, 0.15) is 40.7 Å². The van der Waals surface area contributed by atoms with Gasteiger partial charge in [-0.2, -0.15) is 0 Å². The summed E-state index contributed by atoms with van der Waals surface area (Å²) in [5, 5.41) is 0.893. The molecule has 7 rings (SSSR count). The molecule has 1 atom stereocenters. The van der Waals surface area contributed by atoms with Crippen molar-refractivity contribution in [3.05, 3.63) is 131 Å². The molecule has 0 spiro atoms. The number of ether oxygens (including phenoxy) is 5. The van der Waals surface area contributed by atoms with Crippen molar-refractivity contribution in [1.82, 2.24) is 19.9 Å². The fourth-order valence-corrected chi connectivity index (χ4v) is 8.41. The Balaban J connectivity index is 1.28. The fraction of sp³-hybridized carbons (Fsp3) is 0.265. The van der Waals surface area contributed by atoms with E-state index < -0.39 is 17.7 Å². The van der Waals surface area contributed by atoms with E-state index in [1.807, 2.05) is 70.2 Å². The first-order chi connectivity index (χ1) is 30.7. The molecule has 0 saturated carbocycles. The maximum Gasteiger partial charge on any atom is 0.347 e. The lowest BCUT2D eigenvalue weighted by atomic mass is 9.95. The molecule has 0 bridgehead atoms. The summed E-state index contributed by atoms with van der Waals surface area (Å²) in [6, 6.07) is 24.5. The summed E-state index contributed by atoms with van der Waals surface area (Å²) in [6.07, 6.45) is 2.25. The molecule has 64 heavy (non-hydrogen) atoms. The lowest BCUT2D eigenvalue weighted by Gasteiger charge is -2.21. The van der Waals surface area contributed by atoms with Gasteiger partial charge in [-0.3, -0.25) is 4.79 Å². The third kappa shape index (κ3) is 10.6. The minimum absolute atomic E-state index is 0.0206. The molecule has 0 saturated heterocycles. The number of benzene rings is 4. The van der Waals surface area contributed by atoms with Crippen molar-refractivity contribution < 1.29 is 37.7 Å². The highest BCUT2D eigenvalue weighted by molar-refractivity contribution is 7.22. The van der Waals surface area contributed by atoms with Crippen molar-refractivity contribution in [2.75, 3.05) is 19.5 Å². The van der Waals surface area contributed by atoms with Crippen LogP contribution in [0.1, 0.15) is 56.5 Å². The molecule has 0 fully saturated rings. The molecular formula is C49H47ClFN5O7S. The molecule has 2 N–H and O–H groups in total. The van der Waals surface area contributed by atoms with Crippen LogP contribution in [0.2, 0.25) is 5.02 Å². The highest BCUT2D eigenvalue weighted by atomic mass is 35.5. The number of rotatable bonds is 16. The van der Waals surface area contributed by atoms with E-state index in [0.717, 1.165) is 27.1 Å². The molecule has 0 radical (unpaired) electrons. The van der Waals surface area contributed by atoms with Gasteiger partial charge in [0.15, 0.2) is 5.82 Å². The van der Waals surface area contributed by atoms with Gasteiger partial charge in [-0.15, -0.1) is 11.3 Å². The lowest BCUT2D eigenvalue weighted by molar-refractivity contribution is -0.154. The van der Waals surface area contributed by atoms with E-state index in [4.69, 9.17) is 46.0 Å². The van der Waals surface area contributed by atoms with Crippen molar-refractivity contribution in [2.45, 2.75) is 72.2 Å². The van der Waals surface area contributed by atoms with Crippen LogP contribution in [-0.2, 0) is 38.5 Å². The van der Waals surface area contributed by atoms with Crippen molar-refractivity contribution >= 4 is 50.8 Å².